The summed E-state index contributed by atoms with van der Waals surface area (Å²) in [5.41, 5.74) is 4.83. The monoisotopic (exact) mass is 648 g/mol. The number of hydrogen-bond donors (Lipinski definition) is 1. The summed E-state index contributed by atoms with van der Waals surface area (Å²) in [6.07, 6.45) is 0.364. The predicted molar refractivity (Wildman–Crippen MR) is 173 cm³/mol. The first kappa shape index (κ1) is 32.5. The number of nitrogens with zero attached hydrogens (tertiary/aromatic N) is 5. The average Bonchev–Trinajstić information content (AvgIpc) is 3.62. The molecule has 9 nitrogen and oxygen atoms in total. The van der Waals surface area contributed by atoms with Crippen LogP contribution in [-0.2, 0) is 4.79 Å². The van der Waals surface area contributed by atoms with Crippen LogP contribution in [0.15, 0.2) is 84.1 Å². The number of urea groups is 1. The SMILES string of the molecule is Cc1ccc(C(C)C)c(N2C(=O)CSC2=NC(=O)NC(C)/C=C\c2cccc(-c3ncn(-c4ccc(OC(F)(F)F)cc4)n3)c2)c1. The van der Waals surface area contributed by atoms with Gasteiger partial charge in [0, 0.05) is 11.6 Å². The third-order valence-electron chi connectivity index (χ3n) is 6.91. The molecule has 1 saturated heterocycles. The summed E-state index contributed by atoms with van der Waals surface area (Å²) in [6.45, 7) is 7.89. The Balaban J connectivity index is 1.24. The molecule has 3 aromatic carbocycles. The summed E-state index contributed by atoms with van der Waals surface area (Å²) in [4.78, 5) is 35.8. The van der Waals surface area contributed by atoms with Crippen LogP contribution >= 0.6 is 11.8 Å². The molecule has 1 atom stereocenters. The Hall–Kier alpha value is -4.91. The molecule has 238 valence electrons. The lowest BCUT2D eigenvalue weighted by Gasteiger charge is -2.22. The van der Waals surface area contributed by atoms with Crippen molar-refractivity contribution in [1.29, 1.82) is 0 Å². The van der Waals surface area contributed by atoms with Crippen LogP contribution < -0.4 is 15.0 Å². The molecule has 1 fully saturated rings. The van der Waals surface area contributed by atoms with Crippen LogP contribution in [0.2, 0.25) is 0 Å². The maximum atomic E-state index is 12.9. The number of hydrogen-bond acceptors (Lipinski definition) is 6. The molecule has 4 aromatic rings. The molecule has 13 heteroatoms. The summed E-state index contributed by atoms with van der Waals surface area (Å²) >= 11 is 1.23. The number of amidine groups is 1. The quantitative estimate of drug-likeness (QED) is 0.212. The van der Waals surface area contributed by atoms with Crippen molar-refractivity contribution in [3.05, 3.63) is 95.8 Å². The van der Waals surface area contributed by atoms with Gasteiger partial charge in [0.05, 0.1) is 17.1 Å². The molecule has 0 bridgehead atoms. The molecule has 1 aliphatic rings. The molecule has 1 aromatic heterocycles. The van der Waals surface area contributed by atoms with Gasteiger partial charge in [-0.3, -0.25) is 9.69 Å². The van der Waals surface area contributed by atoms with Crippen molar-refractivity contribution in [2.24, 2.45) is 4.99 Å². The first-order valence-corrected chi connectivity index (χ1v) is 15.4. The number of alkyl halides is 3. The molecule has 2 heterocycles. The Bertz CT molecular complexity index is 1800. The lowest BCUT2D eigenvalue weighted by molar-refractivity contribution is -0.274. The highest BCUT2D eigenvalue weighted by Crippen LogP contribution is 2.34. The number of ether oxygens (including phenoxy) is 1. The van der Waals surface area contributed by atoms with Crippen LogP contribution in [0.3, 0.4) is 0 Å². The zero-order valence-corrected chi connectivity index (χ0v) is 26.3. The summed E-state index contributed by atoms with van der Waals surface area (Å²) in [6, 6.07) is 17.8. The van der Waals surface area contributed by atoms with Gasteiger partial charge in [0.25, 0.3) is 0 Å². The number of halogens is 3. The van der Waals surface area contributed by atoms with Gasteiger partial charge < -0.3 is 10.1 Å². The van der Waals surface area contributed by atoms with E-state index in [0.29, 0.717) is 16.7 Å². The Morgan fingerprint density at radius 1 is 1.09 bits per heavy atom. The summed E-state index contributed by atoms with van der Waals surface area (Å²) < 4.78 is 42.7. The van der Waals surface area contributed by atoms with E-state index in [1.54, 1.807) is 0 Å². The van der Waals surface area contributed by atoms with Crippen molar-refractivity contribution in [3.63, 3.8) is 0 Å². The van der Waals surface area contributed by atoms with Gasteiger partial charge in [-0.15, -0.1) is 18.3 Å². The van der Waals surface area contributed by atoms with Crippen molar-refractivity contribution in [3.8, 4) is 22.8 Å². The predicted octanol–water partition coefficient (Wildman–Crippen LogP) is 7.51. The minimum Gasteiger partial charge on any atom is -0.406 e. The number of nitrogens with one attached hydrogen (secondary N) is 1. The number of rotatable bonds is 8. The first-order chi connectivity index (χ1) is 21.9. The number of aromatic nitrogens is 3. The number of thioether (sulfide) groups is 1. The van der Waals surface area contributed by atoms with Gasteiger partial charge in [0.15, 0.2) is 11.0 Å². The Morgan fingerprint density at radius 3 is 2.57 bits per heavy atom. The molecule has 1 N–H and O–H groups in total. The summed E-state index contributed by atoms with van der Waals surface area (Å²) in [5.74, 6) is 0.363. The molecule has 3 amide bonds. The van der Waals surface area contributed by atoms with Crippen LogP contribution in [0, 0.1) is 6.92 Å². The molecule has 1 aliphatic heterocycles. The second-order valence-corrected chi connectivity index (χ2v) is 11.8. The Labute approximate surface area is 268 Å². The van der Waals surface area contributed by atoms with Gasteiger partial charge >= 0.3 is 12.4 Å². The van der Waals surface area contributed by atoms with Crippen molar-refractivity contribution in [2.75, 3.05) is 10.7 Å². The number of amides is 3. The largest absolute Gasteiger partial charge is 0.573 e. The fourth-order valence-electron chi connectivity index (χ4n) is 4.74. The molecule has 46 heavy (non-hydrogen) atoms. The fraction of sp³-hybridized carbons (Fsp3) is 0.242. The van der Waals surface area contributed by atoms with Gasteiger partial charge in [-0.2, -0.15) is 4.99 Å². The summed E-state index contributed by atoms with van der Waals surface area (Å²) in [7, 11) is 0. The minimum atomic E-state index is -4.77. The van der Waals surface area contributed by atoms with E-state index in [9.17, 15) is 22.8 Å². The fourth-order valence-corrected chi connectivity index (χ4v) is 5.59. The number of carbonyl (C=O) groups excluding carboxylic acids is 2. The number of benzene rings is 3. The topological polar surface area (TPSA) is 102 Å². The third-order valence-corrected chi connectivity index (χ3v) is 7.83. The third kappa shape index (κ3) is 8.02. The lowest BCUT2D eigenvalue weighted by Crippen LogP contribution is -2.34. The van der Waals surface area contributed by atoms with E-state index in [2.05, 4.69) is 39.0 Å². The average molecular weight is 649 g/mol. The van der Waals surface area contributed by atoms with E-state index in [0.717, 1.165) is 27.9 Å². The van der Waals surface area contributed by atoms with E-state index in [4.69, 9.17) is 0 Å². The van der Waals surface area contributed by atoms with Crippen LogP contribution in [0.25, 0.3) is 23.2 Å². The van der Waals surface area contributed by atoms with E-state index >= 15 is 0 Å². The van der Waals surface area contributed by atoms with Crippen molar-refractivity contribution in [1.82, 2.24) is 20.1 Å². The van der Waals surface area contributed by atoms with Crippen LogP contribution in [0.4, 0.5) is 23.7 Å². The highest BCUT2D eigenvalue weighted by Gasteiger charge is 2.33. The van der Waals surface area contributed by atoms with Gasteiger partial charge in [-0.05, 0) is 72.9 Å². The lowest BCUT2D eigenvalue weighted by atomic mass is 9.99. The Morgan fingerprint density at radius 2 is 1.85 bits per heavy atom. The standard InChI is InChI=1S/C33H31F3N6O3S/c1-20(2)27-15-8-21(3)16-28(27)42-29(43)18-46-32(42)39-31(44)38-22(4)9-10-23-6-5-7-24(17-23)30-37-19-41(40-30)25-11-13-26(14-12-25)45-33(34,35)36/h5-17,19-20,22H,18H2,1-4H3,(H,38,44)/b10-9-,39-32?. The first-order valence-electron chi connectivity index (χ1n) is 14.4. The zero-order valence-electron chi connectivity index (χ0n) is 25.4. The van der Waals surface area contributed by atoms with Crippen molar-refractivity contribution >= 4 is 40.6 Å². The molecule has 0 aliphatic carbocycles. The van der Waals surface area contributed by atoms with E-state index < -0.39 is 12.4 Å². The highest BCUT2D eigenvalue weighted by atomic mass is 32.2. The second-order valence-electron chi connectivity index (χ2n) is 10.9. The molecular formula is C33H31F3N6O3S. The minimum absolute atomic E-state index is 0.121. The highest BCUT2D eigenvalue weighted by molar-refractivity contribution is 8.15. The summed E-state index contributed by atoms with van der Waals surface area (Å²) in [5, 5.41) is 7.63. The van der Waals surface area contributed by atoms with E-state index in [-0.39, 0.29) is 29.4 Å². The van der Waals surface area contributed by atoms with Crippen molar-refractivity contribution < 1.29 is 27.5 Å². The number of anilines is 1. The van der Waals surface area contributed by atoms with Crippen LogP contribution in [-0.4, -0.2) is 50.0 Å². The molecule has 0 spiro atoms. The number of aliphatic imine (C=N–C) groups is 1. The molecule has 5 rings (SSSR count). The van der Waals surface area contributed by atoms with Gasteiger partial charge in [-0.1, -0.05) is 68.1 Å². The van der Waals surface area contributed by atoms with Gasteiger partial charge in [-0.25, -0.2) is 14.5 Å². The smallest absolute Gasteiger partial charge is 0.406 e. The number of carbonyl (C=O) groups is 2. The van der Waals surface area contributed by atoms with Crippen molar-refractivity contribution in [2.45, 2.75) is 46.0 Å². The molecular weight excluding hydrogens is 617 g/mol. The maximum Gasteiger partial charge on any atom is 0.573 e. The number of aryl methyl sites for hydroxylation is 1. The maximum absolute atomic E-state index is 12.9. The second kappa shape index (κ2) is 13.6. The van der Waals surface area contributed by atoms with Gasteiger partial charge in [0.2, 0.25) is 5.91 Å². The van der Waals surface area contributed by atoms with Crippen LogP contribution in [0.5, 0.6) is 5.75 Å². The Kier molecular flexibility index (Phi) is 9.61. The molecule has 0 saturated carbocycles. The zero-order chi connectivity index (χ0) is 33.0. The molecule has 0 radical (unpaired) electrons. The molecule has 1 unspecified atom stereocenters. The van der Waals surface area contributed by atoms with Gasteiger partial charge in [0.1, 0.15) is 12.1 Å². The van der Waals surface area contributed by atoms with E-state index in [1.807, 2.05) is 68.5 Å². The van der Waals surface area contributed by atoms with Crippen LogP contribution in [0.1, 0.15) is 43.4 Å². The van der Waals surface area contributed by atoms with E-state index in [1.165, 1.54) is 51.9 Å². The normalized spacial score (nSPS) is 15.3.